The molecule has 35 heavy (non-hydrogen) atoms. The standard InChI is InChI=1S/C27H53NO7/c1-5-6-7-8-9-10-11-12-13-14-15-16-17-18-19-25(30)34-22-24(29)23-35-27(26(31)32)33-21-20-28(2,3)4/h24,27,29H,5-23H2,1-4H3. The lowest BCUT2D eigenvalue weighted by molar-refractivity contribution is -0.870. The maximum atomic E-state index is 11.8. The number of aliphatic carboxylic acids is 1. The highest BCUT2D eigenvalue weighted by molar-refractivity contribution is 5.69. The zero-order valence-electron chi connectivity index (χ0n) is 22.9. The molecule has 0 aromatic carbocycles. The van der Waals surface area contributed by atoms with Crippen LogP contribution in [0.15, 0.2) is 0 Å². The lowest BCUT2D eigenvalue weighted by Crippen LogP contribution is -2.44. The number of esters is 1. The molecule has 208 valence electrons. The number of quaternary nitrogens is 1. The van der Waals surface area contributed by atoms with E-state index in [4.69, 9.17) is 14.2 Å². The highest BCUT2D eigenvalue weighted by Gasteiger charge is 2.17. The molecule has 0 bridgehead atoms. The summed E-state index contributed by atoms with van der Waals surface area (Å²) in [5.74, 6) is -1.87. The second-order valence-electron chi connectivity index (χ2n) is 10.6. The van der Waals surface area contributed by atoms with Gasteiger partial charge in [0.05, 0.1) is 40.3 Å². The molecule has 0 fully saturated rings. The highest BCUT2D eigenvalue weighted by atomic mass is 16.7. The van der Waals surface area contributed by atoms with Crippen molar-refractivity contribution < 1.29 is 38.5 Å². The number of aliphatic hydroxyl groups is 1. The van der Waals surface area contributed by atoms with E-state index in [0.29, 0.717) is 17.4 Å². The van der Waals surface area contributed by atoms with Crippen molar-refractivity contribution in [2.45, 2.75) is 116 Å². The number of carbonyl (C=O) groups is 2. The van der Waals surface area contributed by atoms with Gasteiger partial charge in [-0.1, -0.05) is 90.4 Å². The summed E-state index contributed by atoms with van der Waals surface area (Å²) < 4.78 is 15.9. The predicted molar refractivity (Wildman–Crippen MR) is 135 cm³/mol. The van der Waals surface area contributed by atoms with Crippen LogP contribution in [0.5, 0.6) is 0 Å². The summed E-state index contributed by atoms with van der Waals surface area (Å²) in [6.07, 6.45) is 15.2. The summed E-state index contributed by atoms with van der Waals surface area (Å²) in [7, 11) is 5.86. The quantitative estimate of drug-likeness (QED) is 0.0878. The summed E-state index contributed by atoms with van der Waals surface area (Å²) >= 11 is 0. The number of rotatable bonds is 25. The number of carboxylic acids is 1. The fourth-order valence-corrected chi connectivity index (χ4v) is 3.59. The number of carboxylic acid groups (broad SMARTS) is 1. The van der Waals surface area contributed by atoms with Crippen molar-refractivity contribution in [3.63, 3.8) is 0 Å². The lowest BCUT2D eigenvalue weighted by atomic mass is 10.0. The minimum absolute atomic E-state index is 0.173. The fraction of sp³-hybridized carbons (Fsp3) is 0.926. The number of hydrogen-bond acceptors (Lipinski definition) is 7. The molecule has 0 amide bonds. The Balaban J connectivity index is 3.63. The average molecular weight is 504 g/mol. The first-order valence-electron chi connectivity index (χ1n) is 13.7. The number of ether oxygens (including phenoxy) is 3. The van der Waals surface area contributed by atoms with Crippen LogP contribution < -0.4 is 5.11 Å². The van der Waals surface area contributed by atoms with Crippen LogP contribution in [0.2, 0.25) is 0 Å². The molecule has 0 radical (unpaired) electrons. The van der Waals surface area contributed by atoms with Crippen LogP contribution in [-0.2, 0) is 23.8 Å². The number of hydrogen-bond donors (Lipinski definition) is 1. The smallest absolute Gasteiger partial charge is 0.305 e. The molecule has 0 aromatic rings. The Bertz CT molecular complexity index is 522. The van der Waals surface area contributed by atoms with Crippen molar-refractivity contribution in [2.24, 2.45) is 0 Å². The Labute approximate surface area is 213 Å². The Morgan fingerprint density at radius 3 is 1.71 bits per heavy atom. The van der Waals surface area contributed by atoms with Gasteiger partial charge in [-0.3, -0.25) is 4.79 Å². The van der Waals surface area contributed by atoms with Gasteiger partial charge in [0.1, 0.15) is 19.3 Å². The summed E-state index contributed by atoms with van der Waals surface area (Å²) in [5.41, 5.74) is 0. The first-order chi connectivity index (χ1) is 16.7. The van der Waals surface area contributed by atoms with Gasteiger partial charge in [0, 0.05) is 6.42 Å². The molecule has 0 aromatic heterocycles. The van der Waals surface area contributed by atoms with Crippen LogP contribution in [0.1, 0.15) is 103 Å². The Morgan fingerprint density at radius 2 is 1.26 bits per heavy atom. The first kappa shape index (κ1) is 33.8. The van der Waals surface area contributed by atoms with Gasteiger partial charge in [0.2, 0.25) is 0 Å². The third kappa shape index (κ3) is 24.3. The van der Waals surface area contributed by atoms with Gasteiger partial charge in [-0.05, 0) is 6.42 Å². The third-order valence-corrected chi connectivity index (χ3v) is 5.83. The van der Waals surface area contributed by atoms with E-state index in [1.54, 1.807) is 0 Å². The predicted octanol–water partition coefficient (Wildman–Crippen LogP) is 3.58. The van der Waals surface area contributed by atoms with Crippen LogP contribution in [0.4, 0.5) is 0 Å². The van der Waals surface area contributed by atoms with Gasteiger partial charge in [-0.2, -0.15) is 0 Å². The van der Waals surface area contributed by atoms with Crippen molar-refractivity contribution in [3.05, 3.63) is 0 Å². The van der Waals surface area contributed by atoms with E-state index >= 15 is 0 Å². The van der Waals surface area contributed by atoms with E-state index < -0.39 is 18.4 Å². The molecular formula is C27H53NO7. The number of aliphatic hydroxyl groups excluding tert-OH is 1. The van der Waals surface area contributed by atoms with E-state index in [1.807, 2.05) is 21.1 Å². The molecule has 0 aliphatic rings. The van der Waals surface area contributed by atoms with Crippen molar-refractivity contribution >= 4 is 11.9 Å². The zero-order valence-corrected chi connectivity index (χ0v) is 22.9. The van der Waals surface area contributed by atoms with Gasteiger partial charge < -0.3 is 33.7 Å². The van der Waals surface area contributed by atoms with Crippen molar-refractivity contribution in [2.75, 3.05) is 47.5 Å². The first-order valence-corrected chi connectivity index (χ1v) is 13.7. The van der Waals surface area contributed by atoms with Gasteiger partial charge in [0.25, 0.3) is 0 Å². The Hall–Kier alpha value is -1.22. The number of likely N-dealkylation sites (N-methyl/N-ethyl adjacent to an activating group) is 1. The molecule has 0 saturated carbocycles. The van der Waals surface area contributed by atoms with E-state index in [-0.39, 0.29) is 25.8 Å². The van der Waals surface area contributed by atoms with Gasteiger partial charge in [0.15, 0.2) is 6.29 Å². The lowest BCUT2D eigenvalue weighted by Gasteiger charge is -2.26. The van der Waals surface area contributed by atoms with Gasteiger partial charge in [-0.25, -0.2) is 0 Å². The van der Waals surface area contributed by atoms with E-state index in [2.05, 4.69) is 6.92 Å². The summed E-state index contributed by atoms with van der Waals surface area (Å²) in [4.78, 5) is 23.0. The van der Waals surface area contributed by atoms with Crippen LogP contribution in [0, 0.1) is 0 Å². The summed E-state index contributed by atoms with van der Waals surface area (Å²) in [6, 6.07) is 0. The SMILES string of the molecule is CCCCCCCCCCCCCCCCC(=O)OCC(O)COC(OCC[N+](C)(C)C)C(=O)[O-]. The van der Waals surface area contributed by atoms with Gasteiger partial charge in [-0.15, -0.1) is 0 Å². The normalized spacial score (nSPS) is 13.5. The molecule has 8 nitrogen and oxygen atoms in total. The monoisotopic (exact) mass is 503 g/mol. The molecular weight excluding hydrogens is 450 g/mol. The zero-order chi connectivity index (χ0) is 26.4. The average Bonchev–Trinajstić information content (AvgIpc) is 2.79. The second-order valence-corrected chi connectivity index (χ2v) is 10.6. The van der Waals surface area contributed by atoms with E-state index in [9.17, 15) is 19.8 Å². The van der Waals surface area contributed by atoms with Crippen molar-refractivity contribution in [1.82, 2.24) is 0 Å². The number of nitrogens with zero attached hydrogens (tertiary/aromatic N) is 1. The fourth-order valence-electron chi connectivity index (χ4n) is 3.59. The largest absolute Gasteiger partial charge is 0.545 e. The number of carbonyl (C=O) groups excluding carboxylic acids is 2. The van der Waals surface area contributed by atoms with Crippen LogP contribution in [-0.4, -0.2) is 81.4 Å². The molecule has 2 unspecified atom stereocenters. The maximum absolute atomic E-state index is 11.8. The summed E-state index contributed by atoms with van der Waals surface area (Å²) in [5, 5.41) is 21.0. The highest BCUT2D eigenvalue weighted by Crippen LogP contribution is 2.13. The van der Waals surface area contributed by atoms with E-state index in [1.165, 1.54) is 70.6 Å². The van der Waals surface area contributed by atoms with Gasteiger partial charge >= 0.3 is 5.97 Å². The molecule has 0 aliphatic heterocycles. The maximum Gasteiger partial charge on any atom is 0.305 e. The summed E-state index contributed by atoms with van der Waals surface area (Å²) in [6.45, 7) is 2.45. The molecule has 0 aliphatic carbocycles. The van der Waals surface area contributed by atoms with Crippen molar-refractivity contribution in [3.8, 4) is 0 Å². The topological polar surface area (TPSA) is 105 Å². The Kier molecular flexibility index (Phi) is 21.2. The second kappa shape index (κ2) is 22.0. The Morgan fingerprint density at radius 1 is 0.771 bits per heavy atom. The third-order valence-electron chi connectivity index (χ3n) is 5.83. The minimum atomic E-state index is -1.57. The molecule has 8 heteroatoms. The molecule has 0 rings (SSSR count). The molecule has 0 spiro atoms. The molecule has 0 saturated heterocycles. The molecule has 1 N–H and O–H groups in total. The van der Waals surface area contributed by atoms with Crippen molar-refractivity contribution in [1.29, 1.82) is 0 Å². The number of unbranched alkanes of at least 4 members (excludes halogenated alkanes) is 13. The molecule has 0 heterocycles. The van der Waals surface area contributed by atoms with Crippen LogP contribution in [0.3, 0.4) is 0 Å². The van der Waals surface area contributed by atoms with Crippen LogP contribution >= 0.6 is 0 Å². The van der Waals surface area contributed by atoms with Crippen LogP contribution in [0.25, 0.3) is 0 Å². The molecule has 2 atom stereocenters. The minimum Gasteiger partial charge on any atom is -0.545 e. The van der Waals surface area contributed by atoms with E-state index in [0.717, 1.165) is 19.3 Å².